The van der Waals surface area contributed by atoms with Gasteiger partial charge in [0, 0.05) is 12.6 Å². The molecule has 1 aliphatic rings. The molecule has 19 heavy (non-hydrogen) atoms. The van der Waals surface area contributed by atoms with Crippen LogP contribution in [-0.4, -0.2) is 44.9 Å². The molecule has 0 aliphatic carbocycles. The fourth-order valence-electron chi connectivity index (χ4n) is 2.15. The van der Waals surface area contributed by atoms with E-state index in [9.17, 15) is 13.2 Å². The molecule has 0 amide bonds. The molecule has 2 rings (SSSR count). The van der Waals surface area contributed by atoms with Gasteiger partial charge in [0.2, 0.25) is 0 Å². The van der Waals surface area contributed by atoms with E-state index in [1.807, 2.05) is 0 Å². The first-order valence-corrected chi connectivity index (χ1v) is 7.29. The summed E-state index contributed by atoms with van der Waals surface area (Å²) in [5.74, 6) is -0.556. The minimum atomic E-state index is -3.44. The van der Waals surface area contributed by atoms with Gasteiger partial charge in [-0.15, -0.1) is 0 Å². The molecule has 1 aromatic carbocycles. The fraction of sp³-hybridized carbons (Fsp3) is 0.417. The molecule has 6 nitrogen and oxygen atoms in total. The van der Waals surface area contributed by atoms with Crippen LogP contribution in [-0.2, 0) is 14.6 Å². The number of hydrogen-bond acceptors (Lipinski definition) is 5. The van der Waals surface area contributed by atoms with Gasteiger partial charge in [-0.2, -0.15) is 0 Å². The molecule has 104 valence electrons. The van der Waals surface area contributed by atoms with Crippen molar-refractivity contribution >= 4 is 21.5 Å². The van der Waals surface area contributed by atoms with Gasteiger partial charge < -0.3 is 14.7 Å². The van der Waals surface area contributed by atoms with Crippen LogP contribution in [0.5, 0.6) is 5.75 Å². The molecule has 7 heteroatoms. The Morgan fingerprint density at radius 1 is 1.53 bits per heavy atom. The number of carbonyl (C=O) groups is 1. The van der Waals surface area contributed by atoms with Crippen LogP contribution < -0.4 is 9.64 Å². The Hall–Kier alpha value is -1.76. The SMILES string of the molecule is COc1ccc2c(c1)S(=O)(=O)C(C)CN2CC(=O)O. The average molecular weight is 285 g/mol. The van der Waals surface area contributed by atoms with Gasteiger partial charge in [0.15, 0.2) is 9.84 Å². The highest BCUT2D eigenvalue weighted by molar-refractivity contribution is 7.92. The number of benzene rings is 1. The van der Waals surface area contributed by atoms with Gasteiger partial charge >= 0.3 is 5.97 Å². The lowest BCUT2D eigenvalue weighted by Crippen LogP contribution is -2.43. The van der Waals surface area contributed by atoms with E-state index < -0.39 is 21.1 Å². The van der Waals surface area contributed by atoms with Gasteiger partial charge in [0.25, 0.3) is 0 Å². The largest absolute Gasteiger partial charge is 0.497 e. The van der Waals surface area contributed by atoms with Crippen molar-refractivity contribution in [1.82, 2.24) is 0 Å². The van der Waals surface area contributed by atoms with E-state index in [0.29, 0.717) is 11.4 Å². The average Bonchev–Trinajstić information content (AvgIpc) is 2.35. The van der Waals surface area contributed by atoms with Crippen molar-refractivity contribution in [3.8, 4) is 5.75 Å². The standard InChI is InChI=1S/C12H15NO5S/c1-8-6-13(7-12(14)15)10-4-3-9(18-2)5-11(10)19(8,16)17/h3-5,8H,6-7H2,1-2H3,(H,14,15). The van der Waals surface area contributed by atoms with Crippen LogP contribution in [0.4, 0.5) is 5.69 Å². The summed E-state index contributed by atoms with van der Waals surface area (Å²) in [7, 11) is -1.98. The van der Waals surface area contributed by atoms with E-state index in [1.165, 1.54) is 13.2 Å². The van der Waals surface area contributed by atoms with Crippen LogP contribution in [0.15, 0.2) is 23.1 Å². The van der Waals surface area contributed by atoms with Crippen molar-refractivity contribution in [2.24, 2.45) is 0 Å². The second-order valence-electron chi connectivity index (χ2n) is 4.46. The van der Waals surface area contributed by atoms with Gasteiger partial charge in [-0.1, -0.05) is 0 Å². The van der Waals surface area contributed by atoms with Crippen LogP contribution in [0.3, 0.4) is 0 Å². The summed E-state index contributed by atoms with van der Waals surface area (Å²) in [6.07, 6.45) is 0. The molecule has 1 aliphatic heterocycles. The highest BCUT2D eigenvalue weighted by Gasteiger charge is 2.35. The van der Waals surface area contributed by atoms with Crippen molar-refractivity contribution in [3.63, 3.8) is 0 Å². The first-order chi connectivity index (χ1) is 8.86. The summed E-state index contributed by atoms with van der Waals surface area (Å²) in [5, 5.41) is 8.25. The van der Waals surface area contributed by atoms with E-state index in [0.717, 1.165) is 0 Å². The van der Waals surface area contributed by atoms with Crippen LogP contribution in [0.1, 0.15) is 6.92 Å². The van der Waals surface area contributed by atoms with E-state index in [4.69, 9.17) is 9.84 Å². The number of anilines is 1. The topological polar surface area (TPSA) is 83.9 Å². The Labute approximate surface area is 111 Å². The Bertz CT molecular complexity index is 611. The monoisotopic (exact) mass is 285 g/mol. The van der Waals surface area contributed by atoms with E-state index in [-0.39, 0.29) is 18.0 Å². The van der Waals surface area contributed by atoms with Crippen molar-refractivity contribution in [1.29, 1.82) is 0 Å². The number of ether oxygens (including phenoxy) is 1. The number of nitrogens with zero attached hydrogens (tertiary/aromatic N) is 1. The summed E-state index contributed by atoms with van der Waals surface area (Å²) >= 11 is 0. The molecule has 0 radical (unpaired) electrons. The van der Waals surface area contributed by atoms with Crippen LogP contribution in [0, 0.1) is 0 Å². The third-order valence-corrected chi connectivity index (χ3v) is 5.30. The quantitative estimate of drug-likeness (QED) is 0.882. The van der Waals surface area contributed by atoms with Crippen molar-refractivity contribution in [2.45, 2.75) is 17.1 Å². The highest BCUT2D eigenvalue weighted by atomic mass is 32.2. The van der Waals surface area contributed by atoms with E-state index in [2.05, 4.69) is 0 Å². The summed E-state index contributed by atoms with van der Waals surface area (Å²) in [4.78, 5) is 12.5. The summed E-state index contributed by atoms with van der Waals surface area (Å²) in [5.41, 5.74) is 0.418. The number of carboxylic acid groups (broad SMARTS) is 1. The maximum Gasteiger partial charge on any atom is 0.323 e. The van der Waals surface area contributed by atoms with E-state index >= 15 is 0 Å². The number of sulfone groups is 1. The number of fused-ring (bicyclic) bond motifs is 1. The second kappa shape index (κ2) is 4.73. The third kappa shape index (κ3) is 2.37. The predicted molar refractivity (Wildman–Crippen MR) is 69.5 cm³/mol. The maximum absolute atomic E-state index is 12.3. The van der Waals surface area contributed by atoms with Gasteiger partial charge in [-0.25, -0.2) is 8.42 Å². The summed E-state index contributed by atoms with van der Waals surface area (Å²) < 4.78 is 29.6. The zero-order chi connectivity index (χ0) is 14.2. The Kier molecular flexibility index (Phi) is 3.40. The maximum atomic E-state index is 12.3. The number of methoxy groups -OCH3 is 1. The van der Waals surface area contributed by atoms with Crippen LogP contribution in [0.25, 0.3) is 0 Å². The Morgan fingerprint density at radius 2 is 2.21 bits per heavy atom. The van der Waals surface area contributed by atoms with Gasteiger partial charge in [-0.3, -0.25) is 4.79 Å². The number of aliphatic carboxylic acids is 1. The molecule has 1 unspecified atom stereocenters. The Balaban J connectivity index is 2.57. The van der Waals surface area contributed by atoms with Crippen LogP contribution >= 0.6 is 0 Å². The fourth-order valence-corrected chi connectivity index (χ4v) is 3.73. The first-order valence-electron chi connectivity index (χ1n) is 5.75. The number of carboxylic acids is 1. The molecule has 0 fully saturated rings. The molecule has 0 bridgehead atoms. The lowest BCUT2D eigenvalue weighted by molar-refractivity contribution is -0.135. The summed E-state index contributed by atoms with van der Waals surface area (Å²) in [6, 6.07) is 4.65. The number of hydrogen-bond donors (Lipinski definition) is 1. The van der Waals surface area contributed by atoms with Crippen molar-refractivity contribution in [3.05, 3.63) is 18.2 Å². The molecule has 0 saturated carbocycles. The lowest BCUT2D eigenvalue weighted by Gasteiger charge is -2.33. The van der Waals surface area contributed by atoms with Crippen LogP contribution in [0.2, 0.25) is 0 Å². The first kappa shape index (κ1) is 13.7. The van der Waals surface area contributed by atoms with E-state index in [1.54, 1.807) is 24.0 Å². The van der Waals surface area contributed by atoms with Gasteiger partial charge in [0.05, 0.1) is 22.9 Å². The summed E-state index contributed by atoms with van der Waals surface area (Å²) in [6.45, 7) is 1.53. The molecule has 0 saturated heterocycles. The highest BCUT2D eigenvalue weighted by Crippen LogP contribution is 2.36. The number of rotatable bonds is 3. The molecular formula is C12H15NO5S. The van der Waals surface area contributed by atoms with Crippen molar-refractivity contribution < 1.29 is 23.1 Å². The molecule has 1 atom stereocenters. The Morgan fingerprint density at radius 3 is 2.79 bits per heavy atom. The second-order valence-corrected chi connectivity index (χ2v) is 6.80. The minimum Gasteiger partial charge on any atom is -0.497 e. The normalized spacial score (nSPS) is 20.7. The van der Waals surface area contributed by atoms with Gasteiger partial charge in [0.1, 0.15) is 12.3 Å². The lowest BCUT2D eigenvalue weighted by atomic mass is 10.2. The molecular weight excluding hydrogens is 270 g/mol. The minimum absolute atomic E-state index is 0.131. The predicted octanol–water partition coefficient (Wildman–Crippen LogP) is 0.762. The third-order valence-electron chi connectivity index (χ3n) is 3.15. The smallest absolute Gasteiger partial charge is 0.323 e. The molecule has 0 aromatic heterocycles. The molecule has 1 N–H and O–H groups in total. The molecule has 1 heterocycles. The van der Waals surface area contributed by atoms with Gasteiger partial charge in [-0.05, 0) is 19.1 Å². The molecule has 0 spiro atoms. The van der Waals surface area contributed by atoms with Crippen molar-refractivity contribution in [2.75, 3.05) is 25.1 Å². The zero-order valence-corrected chi connectivity index (χ0v) is 11.5. The zero-order valence-electron chi connectivity index (χ0n) is 10.7. The molecule has 1 aromatic rings.